The van der Waals surface area contributed by atoms with Gasteiger partial charge in [0.05, 0.1) is 42.6 Å². The Balaban J connectivity index is 1.27. The number of fused-ring (bicyclic) bond motifs is 1. The maximum atomic E-state index is 15.3. The molecule has 184 valence electrons. The van der Waals surface area contributed by atoms with Crippen molar-refractivity contribution in [3.8, 4) is 11.3 Å². The van der Waals surface area contributed by atoms with Crippen LogP contribution in [0.15, 0.2) is 37.1 Å². The van der Waals surface area contributed by atoms with Gasteiger partial charge in [-0.2, -0.15) is 10.2 Å². The average molecular weight is 481 g/mol. The summed E-state index contributed by atoms with van der Waals surface area (Å²) in [5.41, 5.74) is 2.36. The molecule has 0 saturated carbocycles. The number of hydrogen-bond acceptors (Lipinski definition) is 7. The number of anilines is 1. The van der Waals surface area contributed by atoms with Crippen LogP contribution in [0.5, 0.6) is 0 Å². The van der Waals surface area contributed by atoms with Crippen molar-refractivity contribution in [1.82, 2.24) is 44.7 Å². The Bertz CT molecular complexity index is 1350. The van der Waals surface area contributed by atoms with E-state index in [0.29, 0.717) is 18.8 Å². The Hall–Kier alpha value is -3.83. The summed E-state index contributed by atoms with van der Waals surface area (Å²) in [6.07, 6.45) is 8.25. The molecule has 2 unspecified atom stereocenters. The lowest BCUT2D eigenvalue weighted by atomic mass is 9.94. The summed E-state index contributed by atoms with van der Waals surface area (Å²) in [5.74, 6) is 0.0463. The van der Waals surface area contributed by atoms with Crippen molar-refractivity contribution < 1.29 is 9.18 Å². The second-order valence-electron chi connectivity index (χ2n) is 9.95. The van der Waals surface area contributed by atoms with Crippen LogP contribution >= 0.6 is 0 Å². The number of hydrogen-bond donors (Lipinski definition) is 1. The van der Waals surface area contributed by atoms with E-state index >= 15 is 4.39 Å². The molecule has 1 aliphatic heterocycles. The SMILES string of the molecule is Cn1cc(-c2cn3nccc3c(N3CCC(CNC(=O)c4cn(C(C)(C)C)nn4)C(F)C3)n2)cn1. The molecular weight excluding hydrogens is 451 g/mol. The lowest BCUT2D eigenvalue weighted by Gasteiger charge is -2.35. The van der Waals surface area contributed by atoms with E-state index in [1.165, 1.54) is 0 Å². The summed E-state index contributed by atoms with van der Waals surface area (Å²) in [4.78, 5) is 19.3. The maximum Gasteiger partial charge on any atom is 0.273 e. The molecule has 1 N–H and O–H groups in total. The van der Waals surface area contributed by atoms with E-state index in [4.69, 9.17) is 4.98 Å². The number of halogens is 1. The number of nitrogens with zero attached hydrogens (tertiary/aromatic N) is 9. The standard InChI is InChI=1S/C23H29FN10O/c1-23(2,3)34-14-19(29-30-34)22(35)25-9-15-6-8-32(12-17(15)24)21-20-5-7-26-33(20)13-18(28-21)16-10-27-31(4)11-16/h5,7,10-11,13-15,17H,6,8-9,12H2,1-4H3,(H,25,35). The van der Waals surface area contributed by atoms with E-state index in [-0.39, 0.29) is 36.1 Å². The van der Waals surface area contributed by atoms with Crippen LogP contribution < -0.4 is 10.2 Å². The van der Waals surface area contributed by atoms with Crippen LogP contribution in [-0.4, -0.2) is 71.1 Å². The molecule has 4 aromatic rings. The van der Waals surface area contributed by atoms with Gasteiger partial charge in [-0.1, -0.05) is 5.21 Å². The molecule has 0 radical (unpaired) electrons. The predicted octanol–water partition coefficient (Wildman–Crippen LogP) is 2.07. The highest BCUT2D eigenvalue weighted by Gasteiger charge is 2.31. The smallest absolute Gasteiger partial charge is 0.273 e. The largest absolute Gasteiger partial charge is 0.352 e. The van der Waals surface area contributed by atoms with Crippen LogP contribution in [0.1, 0.15) is 37.7 Å². The average Bonchev–Trinajstić information content (AvgIpc) is 3.57. The Morgan fingerprint density at radius 2 is 2.06 bits per heavy atom. The van der Waals surface area contributed by atoms with Crippen molar-refractivity contribution in [3.05, 3.63) is 42.7 Å². The molecule has 35 heavy (non-hydrogen) atoms. The number of aryl methyl sites for hydroxylation is 1. The summed E-state index contributed by atoms with van der Waals surface area (Å²) < 4.78 is 20.4. The molecule has 0 bridgehead atoms. The number of amides is 1. The molecule has 4 aromatic heterocycles. The number of carbonyl (C=O) groups excluding carboxylic acids is 1. The number of piperidine rings is 1. The zero-order valence-electron chi connectivity index (χ0n) is 20.3. The van der Waals surface area contributed by atoms with E-state index < -0.39 is 6.17 Å². The molecule has 0 spiro atoms. The topological polar surface area (TPSA) is 111 Å². The third kappa shape index (κ3) is 4.60. The highest BCUT2D eigenvalue weighted by atomic mass is 19.1. The normalized spacial score (nSPS) is 18.8. The van der Waals surface area contributed by atoms with Crippen molar-refractivity contribution in [2.24, 2.45) is 13.0 Å². The lowest BCUT2D eigenvalue weighted by molar-refractivity contribution is 0.0926. The third-order valence-electron chi connectivity index (χ3n) is 6.28. The number of aromatic nitrogens is 8. The van der Waals surface area contributed by atoms with E-state index in [2.05, 4.69) is 25.8 Å². The zero-order chi connectivity index (χ0) is 24.7. The number of nitrogens with one attached hydrogen (secondary N) is 1. The van der Waals surface area contributed by atoms with E-state index in [1.807, 2.05) is 51.2 Å². The van der Waals surface area contributed by atoms with Crippen LogP contribution in [0.4, 0.5) is 10.2 Å². The van der Waals surface area contributed by atoms with Crippen molar-refractivity contribution >= 4 is 17.2 Å². The van der Waals surface area contributed by atoms with Gasteiger partial charge in [-0.25, -0.2) is 18.6 Å². The lowest BCUT2D eigenvalue weighted by Crippen LogP contribution is -2.46. The highest BCUT2D eigenvalue weighted by molar-refractivity contribution is 5.91. The summed E-state index contributed by atoms with van der Waals surface area (Å²) in [6, 6.07) is 1.87. The molecule has 0 aromatic carbocycles. The zero-order valence-corrected chi connectivity index (χ0v) is 20.3. The fourth-order valence-corrected chi connectivity index (χ4v) is 4.22. The van der Waals surface area contributed by atoms with Gasteiger partial charge in [0, 0.05) is 37.8 Å². The summed E-state index contributed by atoms with van der Waals surface area (Å²) in [5, 5.41) is 19.4. The Morgan fingerprint density at radius 1 is 1.23 bits per heavy atom. The fraction of sp³-hybridized carbons (Fsp3) is 0.478. The van der Waals surface area contributed by atoms with Crippen molar-refractivity contribution in [2.45, 2.75) is 38.9 Å². The molecule has 1 saturated heterocycles. The number of rotatable bonds is 5. The van der Waals surface area contributed by atoms with Crippen LogP contribution in [0, 0.1) is 5.92 Å². The summed E-state index contributed by atoms with van der Waals surface area (Å²) in [7, 11) is 1.85. The van der Waals surface area contributed by atoms with Crippen LogP contribution in [-0.2, 0) is 12.6 Å². The van der Waals surface area contributed by atoms with Crippen LogP contribution in [0.2, 0.25) is 0 Å². The van der Waals surface area contributed by atoms with Crippen molar-refractivity contribution in [2.75, 3.05) is 24.5 Å². The molecule has 1 fully saturated rings. The molecule has 0 aliphatic carbocycles. The highest BCUT2D eigenvalue weighted by Crippen LogP contribution is 2.29. The predicted molar refractivity (Wildman–Crippen MR) is 128 cm³/mol. The minimum Gasteiger partial charge on any atom is -0.352 e. The minimum atomic E-state index is -1.12. The molecule has 5 rings (SSSR count). The second kappa shape index (κ2) is 8.75. The molecule has 1 aliphatic rings. The Labute approximate surface area is 201 Å². The summed E-state index contributed by atoms with van der Waals surface area (Å²) >= 11 is 0. The van der Waals surface area contributed by atoms with Gasteiger partial charge in [-0.15, -0.1) is 5.10 Å². The van der Waals surface area contributed by atoms with Gasteiger partial charge in [-0.05, 0) is 33.3 Å². The quantitative estimate of drug-likeness (QED) is 0.465. The number of carbonyl (C=O) groups is 1. The molecule has 2 atom stereocenters. The molecule has 11 nitrogen and oxygen atoms in total. The van der Waals surface area contributed by atoms with Gasteiger partial charge in [-0.3, -0.25) is 9.48 Å². The third-order valence-corrected chi connectivity index (χ3v) is 6.28. The fourth-order valence-electron chi connectivity index (χ4n) is 4.22. The van der Waals surface area contributed by atoms with Gasteiger partial charge in [0.2, 0.25) is 0 Å². The van der Waals surface area contributed by atoms with Crippen LogP contribution in [0.25, 0.3) is 16.8 Å². The van der Waals surface area contributed by atoms with E-state index in [0.717, 1.165) is 16.8 Å². The first-order valence-electron chi connectivity index (χ1n) is 11.6. The molecule has 1 amide bonds. The van der Waals surface area contributed by atoms with Gasteiger partial charge in [0.15, 0.2) is 11.5 Å². The molecular formula is C23H29FN10O. The second-order valence-corrected chi connectivity index (χ2v) is 9.95. The summed E-state index contributed by atoms with van der Waals surface area (Å²) in [6.45, 7) is 6.97. The first kappa shape index (κ1) is 22.9. The van der Waals surface area contributed by atoms with E-state index in [1.54, 1.807) is 32.5 Å². The van der Waals surface area contributed by atoms with Gasteiger partial charge >= 0.3 is 0 Å². The van der Waals surface area contributed by atoms with Crippen molar-refractivity contribution in [1.29, 1.82) is 0 Å². The van der Waals surface area contributed by atoms with E-state index in [9.17, 15) is 4.79 Å². The van der Waals surface area contributed by atoms with Gasteiger partial charge in [0.1, 0.15) is 11.7 Å². The Kier molecular flexibility index (Phi) is 5.73. The van der Waals surface area contributed by atoms with Crippen molar-refractivity contribution in [3.63, 3.8) is 0 Å². The molecule has 12 heteroatoms. The first-order valence-corrected chi connectivity index (χ1v) is 11.6. The van der Waals surface area contributed by atoms with Crippen LogP contribution in [0.3, 0.4) is 0 Å². The monoisotopic (exact) mass is 480 g/mol. The molecule has 5 heterocycles. The van der Waals surface area contributed by atoms with Gasteiger partial charge in [0.25, 0.3) is 5.91 Å². The number of alkyl halides is 1. The van der Waals surface area contributed by atoms with Gasteiger partial charge < -0.3 is 10.2 Å². The maximum absolute atomic E-state index is 15.3. The Morgan fingerprint density at radius 3 is 2.74 bits per heavy atom. The first-order chi connectivity index (χ1) is 16.7. The minimum absolute atomic E-state index is 0.186.